The van der Waals surface area contributed by atoms with Crippen molar-refractivity contribution in [3.8, 4) is 5.75 Å². The van der Waals surface area contributed by atoms with Crippen molar-refractivity contribution < 1.29 is 9.13 Å². The average Bonchev–Trinajstić information content (AvgIpc) is 2.45. The first-order valence-corrected chi connectivity index (χ1v) is 7.52. The molecule has 0 bridgehead atoms. The first kappa shape index (κ1) is 17.3. The van der Waals surface area contributed by atoms with Crippen LogP contribution < -0.4 is 15.4 Å². The Morgan fingerprint density at radius 3 is 2.71 bits per heavy atom. The second-order valence-corrected chi connectivity index (χ2v) is 5.06. The number of ether oxygens (including phenoxy) is 1. The number of hydrogen-bond donors (Lipinski definition) is 2. The summed E-state index contributed by atoms with van der Waals surface area (Å²) >= 11 is 0. The van der Waals surface area contributed by atoms with Crippen molar-refractivity contribution in [1.82, 2.24) is 10.6 Å². The summed E-state index contributed by atoms with van der Waals surface area (Å²) in [6, 6.07) is 6.51. The van der Waals surface area contributed by atoms with Gasteiger partial charge in [-0.1, -0.05) is 13.0 Å². The highest BCUT2D eigenvalue weighted by Gasteiger charge is 2.06. The molecule has 0 aliphatic heterocycles. The van der Waals surface area contributed by atoms with Crippen molar-refractivity contribution in [1.29, 1.82) is 0 Å². The second-order valence-electron chi connectivity index (χ2n) is 5.06. The van der Waals surface area contributed by atoms with Gasteiger partial charge in [0.1, 0.15) is 17.7 Å². The molecule has 1 aromatic carbocycles. The zero-order valence-corrected chi connectivity index (χ0v) is 13.3. The monoisotopic (exact) mass is 295 g/mol. The molecule has 2 atom stereocenters. The number of hydrogen-bond acceptors (Lipinski definition) is 2. The second kappa shape index (κ2) is 9.21. The van der Waals surface area contributed by atoms with Crippen molar-refractivity contribution in [2.24, 2.45) is 4.99 Å². The maximum absolute atomic E-state index is 13.1. The normalized spacial score (nSPS) is 14.4. The summed E-state index contributed by atoms with van der Waals surface area (Å²) in [7, 11) is 0. The minimum Gasteiger partial charge on any atom is -0.489 e. The van der Waals surface area contributed by atoms with Crippen molar-refractivity contribution >= 4 is 5.96 Å². The van der Waals surface area contributed by atoms with Crippen molar-refractivity contribution in [3.05, 3.63) is 30.1 Å². The number of guanidine groups is 1. The number of nitrogens with zero attached hydrogens (tertiary/aromatic N) is 1. The maximum Gasteiger partial charge on any atom is 0.191 e. The molecule has 0 aliphatic carbocycles. The Hall–Kier alpha value is -1.78. The Kier molecular flexibility index (Phi) is 7.58. The third-order valence-electron chi connectivity index (χ3n) is 2.98. The highest BCUT2D eigenvalue weighted by atomic mass is 19.1. The molecule has 0 aromatic heterocycles. The first-order valence-electron chi connectivity index (χ1n) is 7.52. The van der Waals surface area contributed by atoms with Gasteiger partial charge in [0, 0.05) is 18.7 Å². The van der Waals surface area contributed by atoms with Crippen LogP contribution in [0, 0.1) is 5.82 Å². The molecule has 1 rings (SSSR count). The third-order valence-corrected chi connectivity index (χ3v) is 2.98. The van der Waals surface area contributed by atoms with Crippen LogP contribution in [0.25, 0.3) is 0 Å². The minimum atomic E-state index is -0.296. The van der Waals surface area contributed by atoms with E-state index in [1.54, 1.807) is 12.1 Å². The zero-order valence-electron chi connectivity index (χ0n) is 13.3. The molecular formula is C16H26FN3O. The molecule has 1 aromatic rings. The van der Waals surface area contributed by atoms with Crippen LogP contribution in [-0.4, -0.2) is 31.2 Å². The molecule has 0 fully saturated rings. The van der Waals surface area contributed by atoms with E-state index in [9.17, 15) is 4.39 Å². The number of benzene rings is 1. The summed E-state index contributed by atoms with van der Waals surface area (Å²) < 4.78 is 18.7. The number of halogens is 1. The van der Waals surface area contributed by atoms with Crippen molar-refractivity contribution in [2.75, 3.05) is 13.1 Å². The molecule has 21 heavy (non-hydrogen) atoms. The van der Waals surface area contributed by atoms with Crippen molar-refractivity contribution in [2.45, 2.75) is 46.3 Å². The summed E-state index contributed by atoms with van der Waals surface area (Å²) in [4.78, 5) is 4.50. The van der Waals surface area contributed by atoms with Crippen molar-refractivity contribution in [3.63, 3.8) is 0 Å². The van der Waals surface area contributed by atoms with Gasteiger partial charge in [-0.15, -0.1) is 0 Å². The van der Waals surface area contributed by atoms with Gasteiger partial charge in [0.05, 0.1) is 6.54 Å². The van der Waals surface area contributed by atoms with Crippen LogP contribution in [0.15, 0.2) is 29.3 Å². The Bertz CT molecular complexity index is 451. The summed E-state index contributed by atoms with van der Waals surface area (Å²) in [5.41, 5.74) is 0. The Morgan fingerprint density at radius 1 is 1.33 bits per heavy atom. The van der Waals surface area contributed by atoms with Crippen LogP contribution in [0.4, 0.5) is 4.39 Å². The van der Waals surface area contributed by atoms with E-state index in [0.29, 0.717) is 18.3 Å². The zero-order chi connectivity index (χ0) is 15.7. The molecule has 0 heterocycles. The average molecular weight is 295 g/mol. The predicted molar refractivity (Wildman–Crippen MR) is 85.4 cm³/mol. The van der Waals surface area contributed by atoms with Crippen LogP contribution >= 0.6 is 0 Å². The Labute approximate surface area is 126 Å². The van der Waals surface area contributed by atoms with E-state index in [1.807, 2.05) is 13.8 Å². The lowest BCUT2D eigenvalue weighted by atomic mass is 10.3. The molecule has 0 radical (unpaired) electrons. The summed E-state index contributed by atoms with van der Waals surface area (Å²) in [5.74, 6) is 1.01. The molecule has 5 heteroatoms. The smallest absolute Gasteiger partial charge is 0.191 e. The topological polar surface area (TPSA) is 45.7 Å². The molecule has 0 saturated carbocycles. The fourth-order valence-electron chi connectivity index (χ4n) is 1.69. The summed E-state index contributed by atoms with van der Waals surface area (Å²) in [6.07, 6.45) is 0.902. The van der Waals surface area contributed by atoms with E-state index >= 15 is 0 Å². The van der Waals surface area contributed by atoms with Crippen LogP contribution in [0.3, 0.4) is 0 Å². The van der Waals surface area contributed by atoms with Crippen LogP contribution in [0.5, 0.6) is 5.75 Å². The van der Waals surface area contributed by atoms with E-state index in [-0.39, 0.29) is 11.9 Å². The van der Waals surface area contributed by atoms with Gasteiger partial charge in [-0.3, -0.25) is 0 Å². The van der Waals surface area contributed by atoms with Crippen LogP contribution in [0.1, 0.15) is 34.1 Å². The quantitative estimate of drug-likeness (QED) is 0.600. The molecule has 0 saturated heterocycles. The van der Waals surface area contributed by atoms with Gasteiger partial charge in [-0.2, -0.15) is 0 Å². The molecule has 2 unspecified atom stereocenters. The number of nitrogens with one attached hydrogen (secondary N) is 2. The van der Waals surface area contributed by atoms with Crippen LogP contribution in [-0.2, 0) is 0 Å². The van der Waals surface area contributed by atoms with E-state index in [1.165, 1.54) is 12.1 Å². The fraction of sp³-hybridized carbons (Fsp3) is 0.562. The maximum atomic E-state index is 13.1. The highest BCUT2D eigenvalue weighted by Crippen LogP contribution is 2.13. The predicted octanol–water partition coefficient (Wildman–Crippen LogP) is 2.95. The largest absolute Gasteiger partial charge is 0.489 e. The lowest BCUT2D eigenvalue weighted by Crippen LogP contribution is -2.42. The molecular weight excluding hydrogens is 269 g/mol. The highest BCUT2D eigenvalue weighted by molar-refractivity contribution is 5.80. The van der Waals surface area contributed by atoms with E-state index in [0.717, 1.165) is 18.9 Å². The van der Waals surface area contributed by atoms with Gasteiger partial charge < -0.3 is 15.4 Å². The van der Waals surface area contributed by atoms with E-state index < -0.39 is 0 Å². The van der Waals surface area contributed by atoms with E-state index in [4.69, 9.17) is 4.74 Å². The van der Waals surface area contributed by atoms with Gasteiger partial charge in [0.2, 0.25) is 0 Å². The Balaban J connectivity index is 2.54. The molecule has 2 N–H and O–H groups in total. The van der Waals surface area contributed by atoms with Crippen LogP contribution in [0.2, 0.25) is 0 Å². The molecule has 0 spiro atoms. The molecule has 0 aliphatic rings. The van der Waals surface area contributed by atoms with E-state index in [2.05, 4.69) is 29.5 Å². The Morgan fingerprint density at radius 2 is 2.10 bits per heavy atom. The summed E-state index contributed by atoms with van der Waals surface area (Å²) in [5, 5.41) is 6.52. The van der Waals surface area contributed by atoms with Gasteiger partial charge in [0.25, 0.3) is 0 Å². The minimum absolute atomic E-state index is 0.126. The first-order chi connectivity index (χ1) is 10.0. The lowest BCUT2D eigenvalue weighted by molar-refractivity contribution is 0.229. The van der Waals surface area contributed by atoms with Gasteiger partial charge >= 0.3 is 0 Å². The lowest BCUT2D eigenvalue weighted by Gasteiger charge is -2.18. The van der Waals surface area contributed by atoms with Gasteiger partial charge in [-0.05, 0) is 39.3 Å². The van der Waals surface area contributed by atoms with Gasteiger partial charge in [-0.25, -0.2) is 9.38 Å². The molecule has 4 nitrogen and oxygen atoms in total. The number of rotatable bonds is 7. The SMILES string of the molecule is CCNC(=NCC(C)Oc1cccc(F)c1)NC(C)CC. The fourth-order valence-corrected chi connectivity index (χ4v) is 1.69. The summed E-state index contributed by atoms with van der Waals surface area (Å²) in [6.45, 7) is 9.49. The molecule has 118 valence electrons. The third kappa shape index (κ3) is 6.97. The van der Waals surface area contributed by atoms with Gasteiger partial charge in [0.15, 0.2) is 5.96 Å². The molecule has 0 amide bonds. The number of aliphatic imine (C=N–C) groups is 1. The standard InChI is InChI=1S/C16H26FN3O/c1-5-12(3)20-16(18-6-2)19-11-13(4)21-15-9-7-8-14(17)10-15/h7-10,12-13H,5-6,11H2,1-4H3,(H2,18,19,20).